The number of hydrogen-bond acceptors (Lipinski definition) is 3. The molecule has 1 fully saturated rings. The van der Waals surface area contributed by atoms with Crippen molar-refractivity contribution in [2.24, 2.45) is 11.7 Å². The molecule has 0 aromatic heterocycles. The van der Waals surface area contributed by atoms with E-state index in [0.717, 1.165) is 5.56 Å². The van der Waals surface area contributed by atoms with Gasteiger partial charge in [-0.15, -0.1) is 0 Å². The minimum absolute atomic E-state index is 0.128. The van der Waals surface area contributed by atoms with Crippen molar-refractivity contribution in [3.05, 3.63) is 28.3 Å². The minimum atomic E-state index is -0.293. The Morgan fingerprint density at radius 3 is 2.48 bits per heavy atom. The zero-order valence-electron chi connectivity index (χ0n) is 12.2. The van der Waals surface area contributed by atoms with Crippen LogP contribution in [0.15, 0.2) is 12.1 Å². The van der Waals surface area contributed by atoms with Crippen molar-refractivity contribution in [3.63, 3.8) is 0 Å². The van der Waals surface area contributed by atoms with E-state index in [4.69, 9.17) is 22.1 Å². The number of primary amides is 1. The largest absolute Gasteiger partial charge is 0.496 e. The van der Waals surface area contributed by atoms with Gasteiger partial charge in [-0.05, 0) is 37.5 Å². The second kappa shape index (κ2) is 6.35. The molecule has 1 aliphatic rings. The average Bonchev–Trinajstić information content (AvgIpc) is 2.49. The van der Waals surface area contributed by atoms with Crippen LogP contribution in [-0.4, -0.2) is 36.9 Å². The van der Waals surface area contributed by atoms with E-state index >= 15 is 0 Å². The number of nitrogens with two attached hydrogens (primary N) is 1. The van der Waals surface area contributed by atoms with E-state index < -0.39 is 0 Å². The summed E-state index contributed by atoms with van der Waals surface area (Å²) in [5.41, 5.74) is 6.61. The summed E-state index contributed by atoms with van der Waals surface area (Å²) in [5, 5.41) is 0.533. The molecule has 2 N–H and O–H groups in total. The van der Waals surface area contributed by atoms with Gasteiger partial charge >= 0.3 is 0 Å². The van der Waals surface area contributed by atoms with Gasteiger partial charge in [-0.25, -0.2) is 0 Å². The Morgan fingerprint density at radius 1 is 1.33 bits per heavy atom. The molecule has 0 radical (unpaired) electrons. The topological polar surface area (TPSA) is 72.6 Å². The van der Waals surface area contributed by atoms with Crippen LogP contribution in [0.25, 0.3) is 0 Å². The van der Waals surface area contributed by atoms with Gasteiger partial charge in [0.05, 0.1) is 12.7 Å². The first-order valence-corrected chi connectivity index (χ1v) is 7.24. The lowest BCUT2D eigenvalue weighted by molar-refractivity contribution is -0.123. The Hall–Kier alpha value is -1.75. The van der Waals surface area contributed by atoms with Crippen LogP contribution in [0.1, 0.15) is 28.8 Å². The van der Waals surface area contributed by atoms with Crippen LogP contribution in [0.4, 0.5) is 0 Å². The second-order valence-corrected chi connectivity index (χ2v) is 5.68. The van der Waals surface area contributed by atoms with E-state index in [9.17, 15) is 9.59 Å². The van der Waals surface area contributed by atoms with Gasteiger partial charge < -0.3 is 15.4 Å². The van der Waals surface area contributed by atoms with Gasteiger partial charge in [0.2, 0.25) is 5.91 Å². The number of piperidine rings is 1. The number of rotatable bonds is 3. The number of benzene rings is 1. The lowest BCUT2D eigenvalue weighted by atomic mass is 9.95. The Bertz CT molecular complexity index is 566. The van der Waals surface area contributed by atoms with Crippen LogP contribution < -0.4 is 10.5 Å². The molecule has 0 spiro atoms. The first-order chi connectivity index (χ1) is 9.93. The van der Waals surface area contributed by atoms with Gasteiger partial charge in [-0.2, -0.15) is 0 Å². The summed E-state index contributed by atoms with van der Waals surface area (Å²) in [6, 6.07) is 3.39. The number of ether oxygens (including phenoxy) is 1. The van der Waals surface area contributed by atoms with E-state index in [0.29, 0.717) is 42.3 Å². The molecule has 0 bridgehead atoms. The van der Waals surface area contributed by atoms with E-state index in [1.165, 1.54) is 7.11 Å². The zero-order chi connectivity index (χ0) is 15.6. The molecular formula is C15H19ClN2O3. The van der Waals surface area contributed by atoms with Crippen molar-refractivity contribution < 1.29 is 14.3 Å². The van der Waals surface area contributed by atoms with E-state index in [1.807, 2.05) is 6.92 Å². The summed E-state index contributed by atoms with van der Waals surface area (Å²) >= 11 is 6.10. The minimum Gasteiger partial charge on any atom is -0.496 e. The summed E-state index contributed by atoms with van der Waals surface area (Å²) in [4.78, 5) is 25.5. The molecule has 0 saturated carbocycles. The first-order valence-electron chi connectivity index (χ1n) is 6.86. The van der Waals surface area contributed by atoms with Crippen molar-refractivity contribution in [1.29, 1.82) is 0 Å². The van der Waals surface area contributed by atoms with Gasteiger partial charge in [0, 0.05) is 24.0 Å². The molecule has 0 unspecified atom stereocenters. The fourth-order valence-corrected chi connectivity index (χ4v) is 2.69. The summed E-state index contributed by atoms with van der Waals surface area (Å²) < 4.78 is 5.27. The third-order valence-corrected chi connectivity index (χ3v) is 4.30. The van der Waals surface area contributed by atoms with Gasteiger partial charge in [0.25, 0.3) is 5.91 Å². The molecule has 21 heavy (non-hydrogen) atoms. The van der Waals surface area contributed by atoms with Gasteiger partial charge in [-0.3, -0.25) is 9.59 Å². The van der Waals surface area contributed by atoms with Gasteiger partial charge in [0.15, 0.2) is 0 Å². The third-order valence-electron chi connectivity index (χ3n) is 3.90. The number of likely N-dealkylation sites (tertiary alicyclic amines) is 1. The lowest BCUT2D eigenvalue weighted by Crippen LogP contribution is -2.41. The summed E-state index contributed by atoms with van der Waals surface area (Å²) in [6.45, 7) is 2.89. The normalized spacial score (nSPS) is 15.9. The average molecular weight is 311 g/mol. The maximum Gasteiger partial charge on any atom is 0.257 e. The van der Waals surface area contributed by atoms with Crippen LogP contribution in [0, 0.1) is 12.8 Å². The standard InChI is InChI=1S/C15H19ClN2O3/c1-9-7-13(21-2)11(8-12(9)16)15(20)18-5-3-10(4-6-18)14(17)19/h7-8,10H,3-6H2,1-2H3,(H2,17,19). The fourth-order valence-electron chi connectivity index (χ4n) is 2.53. The molecule has 2 amide bonds. The summed E-state index contributed by atoms with van der Waals surface area (Å²) in [6.07, 6.45) is 1.20. The summed E-state index contributed by atoms with van der Waals surface area (Å²) in [7, 11) is 1.53. The number of nitrogens with zero attached hydrogens (tertiary/aromatic N) is 1. The highest BCUT2D eigenvalue weighted by Crippen LogP contribution is 2.29. The Morgan fingerprint density at radius 2 is 1.95 bits per heavy atom. The molecule has 5 nitrogen and oxygen atoms in total. The number of carbonyl (C=O) groups is 2. The van der Waals surface area contributed by atoms with E-state index in [-0.39, 0.29) is 17.7 Å². The predicted molar refractivity (Wildman–Crippen MR) is 80.6 cm³/mol. The molecule has 1 aliphatic heterocycles. The van der Waals surface area contributed by atoms with E-state index in [1.54, 1.807) is 17.0 Å². The monoisotopic (exact) mass is 310 g/mol. The predicted octanol–water partition coefficient (Wildman–Crippen LogP) is 1.99. The maximum absolute atomic E-state index is 12.6. The van der Waals surface area contributed by atoms with E-state index in [2.05, 4.69) is 0 Å². The number of aryl methyl sites for hydroxylation is 1. The van der Waals surface area contributed by atoms with Crippen molar-refractivity contribution >= 4 is 23.4 Å². The molecule has 1 heterocycles. The first kappa shape index (κ1) is 15.6. The highest BCUT2D eigenvalue weighted by molar-refractivity contribution is 6.31. The number of halogens is 1. The smallest absolute Gasteiger partial charge is 0.257 e. The molecule has 6 heteroatoms. The Kier molecular flexibility index (Phi) is 4.73. The van der Waals surface area contributed by atoms with Crippen LogP contribution in [0.2, 0.25) is 5.02 Å². The zero-order valence-corrected chi connectivity index (χ0v) is 12.9. The highest BCUT2D eigenvalue weighted by atomic mass is 35.5. The van der Waals surface area contributed by atoms with Gasteiger partial charge in [0.1, 0.15) is 5.75 Å². The van der Waals surface area contributed by atoms with Crippen LogP contribution in [0.5, 0.6) is 5.75 Å². The molecule has 2 rings (SSSR count). The number of amides is 2. The van der Waals surface area contributed by atoms with Crippen molar-refractivity contribution in [3.8, 4) is 5.75 Å². The maximum atomic E-state index is 12.6. The van der Waals surface area contributed by atoms with Crippen LogP contribution in [-0.2, 0) is 4.79 Å². The van der Waals surface area contributed by atoms with Gasteiger partial charge in [-0.1, -0.05) is 11.6 Å². The molecular weight excluding hydrogens is 292 g/mol. The Balaban J connectivity index is 2.18. The van der Waals surface area contributed by atoms with Crippen molar-refractivity contribution in [1.82, 2.24) is 4.90 Å². The quantitative estimate of drug-likeness (QED) is 0.928. The van der Waals surface area contributed by atoms with Crippen molar-refractivity contribution in [2.45, 2.75) is 19.8 Å². The molecule has 114 valence electrons. The number of methoxy groups -OCH3 is 1. The molecule has 1 saturated heterocycles. The fraction of sp³-hybridized carbons (Fsp3) is 0.467. The van der Waals surface area contributed by atoms with Crippen LogP contribution >= 0.6 is 11.6 Å². The SMILES string of the molecule is COc1cc(C)c(Cl)cc1C(=O)N1CCC(C(N)=O)CC1. The Labute approximate surface area is 129 Å². The van der Waals surface area contributed by atoms with Crippen molar-refractivity contribution in [2.75, 3.05) is 20.2 Å². The lowest BCUT2D eigenvalue weighted by Gasteiger charge is -2.31. The molecule has 1 aromatic carbocycles. The highest BCUT2D eigenvalue weighted by Gasteiger charge is 2.28. The molecule has 1 aromatic rings. The number of hydrogen-bond donors (Lipinski definition) is 1. The van der Waals surface area contributed by atoms with Crippen LogP contribution in [0.3, 0.4) is 0 Å². The molecule has 0 aliphatic carbocycles. The second-order valence-electron chi connectivity index (χ2n) is 5.27. The molecule has 0 atom stereocenters. The third kappa shape index (κ3) is 3.29. The number of carbonyl (C=O) groups excluding carboxylic acids is 2. The summed E-state index contributed by atoms with van der Waals surface area (Å²) in [5.74, 6) is -0.0498.